The number of pyridine rings is 1. The Morgan fingerprint density at radius 3 is 2.19 bits per heavy atom. The standard InChI is InChI=1S/C27H21F6NO2/c1-35-11-10-16-3-9-24(34-15-16)20-7-8-21-19(14-20)6-5-18(25(21)30)4-2-17-12-22(28)26(23(29)13-17)36-27(31,32)33/h3,5-9,12-15H,2,4,10-11H2,1H3. The van der Waals surface area contributed by atoms with Crippen molar-refractivity contribution in [1.29, 1.82) is 0 Å². The Balaban J connectivity index is 1.51. The minimum Gasteiger partial charge on any atom is -0.399 e. The Hall–Kier alpha value is -3.59. The maximum absolute atomic E-state index is 15.2. The van der Waals surface area contributed by atoms with Crippen molar-refractivity contribution in [3.8, 4) is 17.0 Å². The molecule has 36 heavy (non-hydrogen) atoms. The molecule has 0 spiro atoms. The number of methoxy groups -OCH3 is 1. The lowest BCUT2D eigenvalue weighted by Gasteiger charge is -2.12. The number of ether oxygens (including phenoxy) is 2. The van der Waals surface area contributed by atoms with Crippen LogP contribution in [0, 0.1) is 17.5 Å². The first kappa shape index (κ1) is 25.5. The molecule has 1 aromatic heterocycles. The molecule has 3 aromatic carbocycles. The molecule has 0 atom stereocenters. The predicted octanol–water partition coefficient (Wildman–Crippen LogP) is 7.19. The molecular weight excluding hydrogens is 484 g/mol. The summed E-state index contributed by atoms with van der Waals surface area (Å²) in [4.78, 5) is 4.47. The lowest BCUT2D eigenvalue weighted by molar-refractivity contribution is -0.276. The third-order valence-electron chi connectivity index (χ3n) is 5.71. The van der Waals surface area contributed by atoms with Crippen LogP contribution < -0.4 is 4.74 Å². The second-order valence-corrected chi connectivity index (χ2v) is 8.21. The molecule has 0 fully saturated rings. The van der Waals surface area contributed by atoms with Crippen LogP contribution in [0.3, 0.4) is 0 Å². The van der Waals surface area contributed by atoms with E-state index in [0.717, 1.165) is 35.4 Å². The maximum Gasteiger partial charge on any atom is 0.573 e. The fourth-order valence-corrected chi connectivity index (χ4v) is 3.90. The van der Waals surface area contributed by atoms with Gasteiger partial charge in [0.05, 0.1) is 12.3 Å². The van der Waals surface area contributed by atoms with Crippen LogP contribution in [0.4, 0.5) is 26.3 Å². The number of aromatic nitrogens is 1. The summed E-state index contributed by atoms with van der Waals surface area (Å²) in [5.74, 6) is -4.94. The summed E-state index contributed by atoms with van der Waals surface area (Å²) in [5, 5.41) is 1.03. The summed E-state index contributed by atoms with van der Waals surface area (Å²) < 4.78 is 88.5. The summed E-state index contributed by atoms with van der Waals surface area (Å²) in [6.07, 6.45) is -2.59. The molecule has 0 bridgehead atoms. The molecule has 4 aromatic rings. The van der Waals surface area contributed by atoms with Gasteiger partial charge in [0.15, 0.2) is 11.6 Å². The van der Waals surface area contributed by atoms with Crippen LogP contribution in [0.1, 0.15) is 16.7 Å². The Morgan fingerprint density at radius 2 is 1.56 bits per heavy atom. The maximum atomic E-state index is 15.2. The van der Waals surface area contributed by atoms with Gasteiger partial charge in [-0.25, -0.2) is 13.2 Å². The molecule has 0 saturated heterocycles. The molecule has 0 aliphatic rings. The highest BCUT2D eigenvalue weighted by molar-refractivity contribution is 5.88. The summed E-state index contributed by atoms with van der Waals surface area (Å²) >= 11 is 0. The monoisotopic (exact) mass is 505 g/mol. The summed E-state index contributed by atoms with van der Waals surface area (Å²) in [5.41, 5.74) is 2.99. The van der Waals surface area contributed by atoms with Crippen LogP contribution >= 0.6 is 0 Å². The number of benzene rings is 3. The van der Waals surface area contributed by atoms with E-state index in [2.05, 4.69) is 9.72 Å². The number of fused-ring (bicyclic) bond motifs is 1. The van der Waals surface area contributed by atoms with E-state index in [1.54, 1.807) is 37.6 Å². The van der Waals surface area contributed by atoms with Crippen LogP contribution in [0.2, 0.25) is 0 Å². The van der Waals surface area contributed by atoms with Crippen molar-refractivity contribution in [1.82, 2.24) is 4.98 Å². The quantitative estimate of drug-likeness (QED) is 0.238. The zero-order valence-electron chi connectivity index (χ0n) is 19.1. The van der Waals surface area contributed by atoms with Gasteiger partial charge in [0.1, 0.15) is 5.82 Å². The van der Waals surface area contributed by atoms with Crippen molar-refractivity contribution >= 4 is 10.8 Å². The van der Waals surface area contributed by atoms with E-state index in [4.69, 9.17) is 4.74 Å². The number of aryl methyl sites for hydroxylation is 2. The van der Waals surface area contributed by atoms with Crippen LogP contribution in [0.15, 0.2) is 60.8 Å². The van der Waals surface area contributed by atoms with Crippen LogP contribution in [0.5, 0.6) is 5.75 Å². The van der Waals surface area contributed by atoms with Gasteiger partial charge in [0.2, 0.25) is 5.75 Å². The zero-order valence-corrected chi connectivity index (χ0v) is 19.1. The van der Waals surface area contributed by atoms with Gasteiger partial charge in [-0.05, 0) is 65.6 Å². The fourth-order valence-electron chi connectivity index (χ4n) is 3.90. The minimum atomic E-state index is -5.22. The highest BCUT2D eigenvalue weighted by Crippen LogP contribution is 2.31. The van der Waals surface area contributed by atoms with Crippen molar-refractivity contribution in [3.05, 3.63) is 94.9 Å². The molecule has 0 radical (unpaired) electrons. The summed E-state index contributed by atoms with van der Waals surface area (Å²) in [6.45, 7) is 0.597. The molecule has 0 saturated carbocycles. The topological polar surface area (TPSA) is 31.4 Å². The van der Waals surface area contributed by atoms with Crippen molar-refractivity contribution in [2.24, 2.45) is 0 Å². The third kappa shape index (κ3) is 5.96. The predicted molar refractivity (Wildman–Crippen MR) is 123 cm³/mol. The zero-order chi connectivity index (χ0) is 25.9. The van der Waals surface area contributed by atoms with E-state index < -0.39 is 29.6 Å². The Bertz CT molecular complexity index is 1350. The van der Waals surface area contributed by atoms with Gasteiger partial charge < -0.3 is 9.47 Å². The molecule has 0 aliphatic heterocycles. The lowest BCUT2D eigenvalue weighted by atomic mass is 9.98. The average Bonchev–Trinajstić information content (AvgIpc) is 2.84. The highest BCUT2D eigenvalue weighted by Gasteiger charge is 2.34. The molecule has 0 amide bonds. The van der Waals surface area contributed by atoms with Gasteiger partial charge in [0.25, 0.3) is 0 Å². The molecule has 9 heteroatoms. The van der Waals surface area contributed by atoms with Crippen LogP contribution in [-0.4, -0.2) is 25.1 Å². The van der Waals surface area contributed by atoms with E-state index >= 15 is 4.39 Å². The number of alkyl halides is 3. The minimum absolute atomic E-state index is 0.0139. The molecule has 3 nitrogen and oxygen atoms in total. The second-order valence-electron chi connectivity index (χ2n) is 8.21. The molecular formula is C27H21F6NO2. The van der Waals surface area contributed by atoms with Crippen molar-refractivity contribution in [2.45, 2.75) is 25.6 Å². The first-order valence-electron chi connectivity index (χ1n) is 11.0. The fraction of sp³-hybridized carbons (Fsp3) is 0.222. The lowest BCUT2D eigenvalue weighted by Crippen LogP contribution is -2.19. The van der Waals surface area contributed by atoms with E-state index in [9.17, 15) is 22.0 Å². The molecule has 188 valence electrons. The SMILES string of the molecule is COCCc1ccc(-c2ccc3c(F)c(CCc4cc(F)c(OC(F)(F)F)c(F)c4)ccc3c2)nc1. The van der Waals surface area contributed by atoms with Gasteiger partial charge in [-0.2, -0.15) is 0 Å². The van der Waals surface area contributed by atoms with E-state index in [0.29, 0.717) is 22.9 Å². The number of nitrogens with zero attached hydrogens (tertiary/aromatic N) is 1. The van der Waals surface area contributed by atoms with Crippen molar-refractivity contribution < 1.29 is 35.8 Å². The summed E-state index contributed by atoms with van der Waals surface area (Å²) in [7, 11) is 1.63. The number of hydrogen-bond acceptors (Lipinski definition) is 3. The van der Waals surface area contributed by atoms with Gasteiger partial charge in [-0.3, -0.25) is 4.98 Å². The first-order chi connectivity index (χ1) is 17.1. The van der Waals surface area contributed by atoms with Gasteiger partial charge in [0, 0.05) is 24.3 Å². The molecule has 4 rings (SSSR count). The van der Waals surface area contributed by atoms with Crippen LogP contribution in [-0.2, 0) is 24.0 Å². The molecule has 0 unspecified atom stereocenters. The molecule has 1 heterocycles. The Kier molecular flexibility index (Phi) is 7.49. The molecule has 0 aliphatic carbocycles. The number of halogens is 6. The second kappa shape index (κ2) is 10.6. The average molecular weight is 505 g/mol. The smallest absolute Gasteiger partial charge is 0.399 e. The largest absolute Gasteiger partial charge is 0.573 e. The summed E-state index contributed by atoms with van der Waals surface area (Å²) in [6, 6.07) is 13.9. The number of hydrogen-bond donors (Lipinski definition) is 0. The van der Waals surface area contributed by atoms with Gasteiger partial charge >= 0.3 is 6.36 Å². The van der Waals surface area contributed by atoms with E-state index in [1.807, 2.05) is 18.2 Å². The van der Waals surface area contributed by atoms with Crippen molar-refractivity contribution in [2.75, 3.05) is 13.7 Å². The molecule has 0 N–H and O–H groups in total. The Morgan fingerprint density at radius 1 is 0.806 bits per heavy atom. The third-order valence-corrected chi connectivity index (χ3v) is 5.71. The van der Waals surface area contributed by atoms with E-state index in [1.165, 1.54) is 0 Å². The van der Waals surface area contributed by atoms with E-state index in [-0.39, 0.29) is 18.4 Å². The highest BCUT2D eigenvalue weighted by atomic mass is 19.4. The Labute approximate surface area is 203 Å². The van der Waals surface area contributed by atoms with Gasteiger partial charge in [-0.15, -0.1) is 13.2 Å². The number of rotatable bonds is 8. The first-order valence-corrected chi connectivity index (χ1v) is 11.0. The van der Waals surface area contributed by atoms with Gasteiger partial charge in [-0.1, -0.05) is 30.3 Å². The normalized spacial score (nSPS) is 11.8. The van der Waals surface area contributed by atoms with Crippen molar-refractivity contribution in [3.63, 3.8) is 0 Å². The van der Waals surface area contributed by atoms with Crippen LogP contribution in [0.25, 0.3) is 22.0 Å².